The summed E-state index contributed by atoms with van der Waals surface area (Å²) in [6.45, 7) is 0. The number of nitrogens with one attached hydrogen (secondary N) is 1. The fourth-order valence-corrected chi connectivity index (χ4v) is 5.74. The summed E-state index contributed by atoms with van der Waals surface area (Å²) in [5.41, 5.74) is 1.18. The maximum Gasteiger partial charge on any atom is 0.226 e. The highest BCUT2D eigenvalue weighted by molar-refractivity contribution is 7.07. The van der Waals surface area contributed by atoms with Gasteiger partial charge in [0, 0.05) is 23.2 Å². The van der Waals surface area contributed by atoms with Crippen LogP contribution in [0.15, 0.2) is 10.4 Å². The molecule has 3 aliphatic rings. The number of thiazole rings is 1. The third-order valence-electron chi connectivity index (χ3n) is 6.41. The van der Waals surface area contributed by atoms with Crippen molar-refractivity contribution in [3.63, 3.8) is 0 Å². The van der Waals surface area contributed by atoms with Gasteiger partial charge in [-0.3, -0.25) is 9.79 Å². The zero-order valence-electron chi connectivity index (χ0n) is 16.6. The van der Waals surface area contributed by atoms with Gasteiger partial charge >= 0.3 is 0 Å². The van der Waals surface area contributed by atoms with Gasteiger partial charge in [-0.15, -0.1) is 11.3 Å². The zero-order valence-corrected chi connectivity index (χ0v) is 17.4. The van der Waals surface area contributed by atoms with Crippen LogP contribution >= 0.6 is 11.3 Å². The Kier molecular flexibility index (Phi) is 6.69. The number of amides is 1. The molecule has 1 aromatic heterocycles. The fourth-order valence-electron chi connectivity index (χ4n) is 4.71. The summed E-state index contributed by atoms with van der Waals surface area (Å²) >= 11 is 1.75. The molecule has 1 amide bonds. The highest BCUT2D eigenvalue weighted by atomic mass is 32.1. The fraction of sp³-hybridized carbons (Fsp3) is 0.818. The number of aromatic nitrogens is 1. The minimum absolute atomic E-state index is 0.204. The van der Waals surface area contributed by atoms with E-state index in [4.69, 9.17) is 4.99 Å². The maximum absolute atomic E-state index is 12.7. The average molecular weight is 390 g/mol. The zero-order chi connectivity index (χ0) is 18.5. The second kappa shape index (κ2) is 9.40. The average Bonchev–Trinajstić information content (AvgIpc) is 3.47. The van der Waals surface area contributed by atoms with Crippen LogP contribution in [0.3, 0.4) is 0 Å². The van der Waals surface area contributed by atoms with Crippen molar-refractivity contribution in [1.82, 2.24) is 9.88 Å². The smallest absolute Gasteiger partial charge is 0.226 e. The molecular formula is C22H35N3OS. The van der Waals surface area contributed by atoms with Crippen LogP contribution in [0.2, 0.25) is 0 Å². The van der Waals surface area contributed by atoms with Gasteiger partial charge in [-0.25, -0.2) is 0 Å². The molecular weight excluding hydrogens is 354 g/mol. The number of carbonyl (C=O) groups excluding carboxylic acids is 1. The van der Waals surface area contributed by atoms with Crippen molar-refractivity contribution < 1.29 is 4.79 Å². The molecule has 0 spiro atoms. The van der Waals surface area contributed by atoms with Crippen molar-refractivity contribution in [2.24, 2.45) is 4.99 Å². The van der Waals surface area contributed by atoms with Gasteiger partial charge < -0.3 is 9.88 Å². The van der Waals surface area contributed by atoms with Gasteiger partial charge in [0.05, 0.1) is 12.5 Å². The summed E-state index contributed by atoms with van der Waals surface area (Å²) in [6.07, 6.45) is 18.3. The Hall–Kier alpha value is -1.10. The van der Waals surface area contributed by atoms with Gasteiger partial charge in [0.1, 0.15) is 0 Å². The number of hydrogen-bond acceptors (Lipinski definition) is 3. The van der Waals surface area contributed by atoms with E-state index < -0.39 is 0 Å². The molecule has 0 aliphatic heterocycles. The Bertz CT molecular complexity index is 672. The molecule has 0 radical (unpaired) electrons. The van der Waals surface area contributed by atoms with Crippen LogP contribution in [-0.2, 0) is 11.2 Å². The monoisotopic (exact) mass is 389 g/mol. The second-order valence-corrected chi connectivity index (χ2v) is 9.65. The van der Waals surface area contributed by atoms with Crippen molar-refractivity contribution in [1.29, 1.82) is 0 Å². The molecule has 1 N–H and O–H groups in total. The summed E-state index contributed by atoms with van der Waals surface area (Å²) in [6, 6.07) is 1.47. The Morgan fingerprint density at radius 1 is 0.963 bits per heavy atom. The SMILES string of the molecule is O=C(Cc1csc(=NC2CCCCCC2)n1C1CC1)NC1CCCCCC1. The van der Waals surface area contributed by atoms with Crippen LogP contribution in [0.1, 0.15) is 102 Å². The van der Waals surface area contributed by atoms with Gasteiger partial charge in [0.25, 0.3) is 0 Å². The molecule has 5 heteroatoms. The van der Waals surface area contributed by atoms with E-state index in [1.165, 1.54) is 87.5 Å². The molecule has 150 valence electrons. The Labute approximate surface area is 167 Å². The molecule has 4 nitrogen and oxygen atoms in total. The van der Waals surface area contributed by atoms with Crippen LogP contribution in [0.25, 0.3) is 0 Å². The Balaban J connectivity index is 1.44. The van der Waals surface area contributed by atoms with E-state index in [0.717, 1.165) is 12.8 Å². The number of nitrogens with zero attached hydrogens (tertiary/aromatic N) is 2. The van der Waals surface area contributed by atoms with E-state index >= 15 is 0 Å². The predicted molar refractivity (Wildman–Crippen MR) is 111 cm³/mol. The molecule has 0 bridgehead atoms. The summed E-state index contributed by atoms with van der Waals surface area (Å²) < 4.78 is 2.40. The third kappa shape index (κ3) is 5.46. The molecule has 3 aliphatic carbocycles. The van der Waals surface area contributed by atoms with Gasteiger partial charge in [-0.2, -0.15) is 0 Å². The summed E-state index contributed by atoms with van der Waals surface area (Å²) in [4.78, 5) is 19.0. The standard InChI is InChI=1S/C22H35N3OS/c26-21(23-17-9-5-1-2-6-10-17)15-20-16-27-22(25(20)19-13-14-19)24-18-11-7-3-4-8-12-18/h16-19H,1-15H2,(H,23,26). The quantitative estimate of drug-likeness (QED) is 0.716. The van der Waals surface area contributed by atoms with Crippen molar-refractivity contribution >= 4 is 17.2 Å². The molecule has 1 aromatic rings. The second-order valence-electron chi connectivity index (χ2n) is 8.82. The van der Waals surface area contributed by atoms with Crippen LogP contribution in [0.5, 0.6) is 0 Å². The van der Waals surface area contributed by atoms with E-state index in [-0.39, 0.29) is 5.91 Å². The van der Waals surface area contributed by atoms with Crippen LogP contribution in [0.4, 0.5) is 0 Å². The predicted octanol–water partition coefficient (Wildman–Crippen LogP) is 4.89. The topological polar surface area (TPSA) is 46.4 Å². The lowest BCUT2D eigenvalue weighted by Crippen LogP contribution is -2.36. The summed E-state index contributed by atoms with van der Waals surface area (Å²) in [5.74, 6) is 0.204. The lowest BCUT2D eigenvalue weighted by Gasteiger charge is -2.16. The number of hydrogen-bond donors (Lipinski definition) is 1. The van der Waals surface area contributed by atoms with Crippen LogP contribution in [0, 0.1) is 0 Å². The molecule has 3 saturated carbocycles. The van der Waals surface area contributed by atoms with E-state index in [0.29, 0.717) is 24.5 Å². The lowest BCUT2D eigenvalue weighted by atomic mass is 10.1. The first-order chi connectivity index (χ1) is 13.3. The molecule has 27 heavy (non-hydrogen) atoms. The van der Waals surface area contributed by atoms with Crippen molar-refractivity contribution in [3.8, 4) is 0 Å². The normalized spacial score (nSPS) is 23.8. The van der Waals surface area contributed by atoms with Crippen LogP contribution < -0.4 is 10.1 Å². The molecule has 0 saturated heterocycles. The molecule has 1 heterocycles. The first-order valence-electron chi connectivity index (χ1n) is 11.3. The largest absolute Gasteiger partial charge is 0.353 e. The molecule has 0 atom stereocenters. The summed E-state index contributed by atoms with van der Waals surface area (Å²) in [7, 11) is 0. The first-order valence-corrected chi connectivity index (χ1v) is 12.2. The molecule has 0 aromatic carbocycles. The van der Waals surface area contributed by atoms with E-state index in [1.54, 1.807) is 11.3 Å². The van der Waals surface area contributed by atoms with Crippen molar-refractivity contribution in [2.45, 2.75) is 114 Å². The third-order valence-corrected chi connectivity index (χ3v) is 7.31. The maximum atomic E-state index is 12.7. The first kappa shape index (κ1) is 19.2. The van der Waals surface area contributed by atoms with Gasteiger partial charge in [0.2, 0.25) is 5.91 Å². The van der Waals surface area contributed by atoms with E-state index in [9.17, 15) is 4.79 Å². The molecule has 3 fully saturated rings. The van der Waals surface area contributed by atoms with Gasteiger partial charge in [-0.05, 0) is 38.5 Å². The van der Waals surface area contributed by atoms with Crippen molar-refractivity contribution in [2.75, 3.05) is 0 Å². The Morgan fingerprint density at radius 2 is 1.59 bits per heavy atom. The minimum Gasteiger partial charge on any atom is -0.353 e. The van der Waals surface area contributed by atoms with E-state index in [2.05, 4.69) is 15.3 Å². The minimum atomic E-state index is 0.204. The van der Waals surface area contributed by atoms with Crippen LogP contribution in [-0.4, -0.2) is 22.6 Å². The van der Waals surface area contributed by atoms with Gasteiger partial charge in [-0.1, -0.05) is 51.4 Å². The molecule has 0 unspecified atom stereocenters. The number of carbonyl (C=O) groups is 1. The molecule has 4 rings (SSSR count). The lowest BCUT2D eigenvalue weighted by molar-refractivity contribution is -0.121. The van der Waals surface area contributed by atoms with E-state index in [1.807, 2.05) is 0 Å². The number of rotatable bonds is 5. The van der Waals surface area contributed by atoms with Gasteiger partial charge in [0.15, 0.2) is 4.80 Å². The Morgan fingerprint density at radius 3 is 2.22 bits per heavy atom. The highest BCUT2D eigenvalue weighted by Gasteiger charge is 2.28. The summed E-state index contributed by atoms with van der Waals surface area (Å²) in [5, 5.41) is 5.51. The van der Waals surface area contributed by atoms with Crippen molar-refractivity contribution in [3.05, 3.63) is 15.9 Å². The highest BCUT2D eigenvalue weighted by Crippen LogP contribution is 2.35.